The second-order valence-corrected chi connectivity index (χ2v) is 1.75. The quantitative estimate of drug-likeness (QED) is 0.496. The van der Waals surface area contributed by atoms with Gasteiger partial charge in [0.2, 0.25) is 0 Å². The van der Waals surface area contributed by atoms with Crippen molar-refractivity contribution in [1.29, 1.82) is 0 Å². The van der Waals surface area contributed by atoms with Gasteiger partial charge in [-0.1, -0.05) is 13.8 Å². The standard InChI is InChI=1S/C7H14N/c1-4-6-7(5-2)8-3/h1,4-6H2,2-3H3/b8-7+. The smallest absolute Gasteiger partial charge is 0.0276 e. The Bertz CT molecular complexity index is 74.5. The first-order valence-corrected chi connectivity index (χ1v) is 3.09. The summed E-state index contributed by atoms with van der Waals surface area (Å²) in [6, 6.07) is 0. The molecule has 0 N–H and O–H groups in total. The number of hydrogen-bond donors (Lipinski definition) is 0. The lowest BCUT2D eigenvalue weighted by Crippen LogP contribution is -1.93. The topological polar surface area (TPSA) is 12.4 Å². The molecule has 0 aromatic rings. The molecular formula is C7H14N. The van der Waals surface area contributed by atoms with Crippen molar-refractivity contribution < 1.29 is 0 Å². The van der Waals surface area contributed by atoms with Crippen LogP contribution in [0.2, 0.25) is 0 Å². The average molecular weight is 112 g/mol. The van der Waals surface area contributed by atoms with Gasteiger partial charge in [-0.05, 0) is 19.3 Å². The van der Waals surface area contributed by atoms with E-state index in [1.165, 1.54) is 5.71 Å². The van der Waals surface area contributed by atoms with E-state index in [-0.39, 0.29) is 0 Å². The van der Waals surface area contributed by atoms with Crippen LogP contribution in [0.15, 0.2) is 4.99 Å². The summed E-state index contributed by atoms with van der Waals surface area (Å²) in [4.78, 5) is 4.07. The van der Waals surface area contributed by atoms with Crippen LogP contribution in [0.25, 0.3) is 0 Å². The van der Waals surface area contributed by atoms with Crippen LogP contribution in [0, 0.1) is 6.92 Å². The minimum atomic E-state index is 0.973. The molecule has 0 heterocycles. The molecule has 0 unspecified atom stereocenters. The van der Waals surface area contributed by atoms with Crippen LogP contribution < -0.4 is 0 Å². The lowest BCUT2D eigenvalue weighted by Gasteiger charge is -1.95. The summed E-state index contributed by atoms with van der Waals surface area (Å²) in [7, 11) is 1.84. The van der Waals surface area contributed by atoms with Gasteiger partial charge in [-0.2, -0.15) is 0 Å². The molecule has 0 aliphatic heterocycles. The molecule has 0 spiro atoms. The van der Waals surface area contributed by atoms with Crippen LogP contribution in [0.4, 0.5) is 0 Å². The van der Waals surface area contributed by atoms with Crippen LogP contribution in [0.3, 0.4) is 0 Å². The number of aliphatic imine (C=N–C) groups is 1. The Morgan fingerprint density at radius 3 is 2.38 bits per heavy atom. The molecule has 0 aromatic carbocycles. The Balaban J connectivity index is 3.38. The second kappa shape index (κ2) is 4.82. The maximum atomic E-state index is 4.07. The first kappa shape index (κ1) is 7.67. The molecule has 8 heavy (non-hydrogen) atoms. The lowest BCUT2D eigenvalue weighted by molar-refractivity contribution is 1.04. The summed E-state index contributed by atoms with van der Waals surface area (Å²) in [6.07, 6.45) is 3.11. The number of rotatable bonds is 3. The van der Waals surface area contributed by atoms with Crippen molar-refractivity contribution in [2.24, 2.45) is 4.99 Å². The van der Waals surface area contributed by atoms with E-state index in [1.54, 1.807) is 0 Å². The summed E-state index contributed by atoms with van der Waals surface area (Å²) in [5, 5.41) is 0. The number of nitrogens with zero attached hydrogens (tertiary/aromatic N) is 1. The van der Waals surface area contributed by atoms with E-state index in [4.69, 9.17) is 0 Å². The third-order valence-corrected chi connectivity index (χ3v) is 1.19. The van der Waals surface area contributed by atoms with Crippen molar-refractivity contribution in [3.63, 3.8) is 0 Å². The minimum absolute atomic E-state index is 0.973. The predicted octanol–water partition coefficient (Wildman–Crippen LogP) is 2.08. The van der Waals surface area contributed by atoms with E-state index in [0.717, 1.165) is 19.3 Å². The van der Waals surface area contributed by atoms with Gasteiger partial charge in [0.15, 0.2) is 0 Å². The normalized spacial score (nSPS) is 12.1. The molecule has 1 radical (unpaired) electrons. The molecule has 1 nitrogen and oxygen atoms in total. The van der Waals surface area contributed by atoms with Crippen LogP contribution in [0.5, 0.6) is 0 Å². The van der Waals surface area contributed by atoms with Crippen molar-refractivity contribution in [3.8, 4) is 0 Å². The maximum absolute atomic E-state index is 4.07. The lowest BCUT2D eigenvalue weighted by atomic mass is 10.2. The molecule has 0 atom stereocenters. The Kier molecular flexibility index (Phi) is 4.62. The van der Waals surface area contributed by atoms with Gasteiger partial charge in [0.25, 0.3) is 0 Å². The van der Waals surface area contributed by atoms with Crippen molar-refractivity contribution in [2.45, 2.75) is 26.2 Å². The van der Waals surface area contributed by atoms with Crippen molar-refractivity contribution >= 4 is 5.71 Å². The molecular weight excluding hydrogens is 98.1 g/mol. The second-order valence-electron chi connectivity index (χ2n) is 1.75. The van der Waals surface area contributed by atoms with Crippen LogP contribution in [-0.2, 0) is 0 Å². The van der Waals surface area contributed by atoms with Crippen molar-refractivity contribution in [1.82, 2.24) is 0 Å². The molecule has 0 aliphatic rings. The Morgan fingerprint density at radius 1 is 1.62 bits per heavy atom. The van der Waals surface area contributed by atoms with Gasteiger partial charge in [-0.25, -0.2) is 0 Å². The summed E-state index contributed by atoms with van der Waals surface area (Å²) >= 11 is 0. The highest BCUT2D eigenvalue weighted by Gasteiger charge is 1.88. The molecule has 0 fully saturated rings. The van der Waals surface area contributed by atoms with E-state index in [2.05, 4.69) is 18.8 Å². The van der Waals surface area contributed by atoms with Gasteiger partial charge in [-0.15, -0.1) is 0 Å². The Labute approximate surface area is 51.8 Å². The summed E-state index contributed by atoms with van der Waals surface area (Å²) in [5.41, 5.74) is 1.28. The van der Waals surface area contributed by atoms with E-state index in [9.17, 15) is 0 Å². The fourth-order valence-electron chi connectivity index (χ4n) is 0.651. The highest BCUT2D eigenvalue weighted by molar-refractivity contribution is 5.83. The SMILES string of the molecule is [CH2]CC/C(CC)=N/C. The zero-order chi connectivity index (χ0) is 6.41. The van der Waals surface area contributed by atoms with Gasteiger partial charge in [-0.3, -0.25) is 4.99 Å². The summed E-state index contributed by atoms with van der Waals surface area (Å²) in [5.74, 6) is 0. The van der Waals surface area contributed by atoms with E-state index < -0.39 is 0 Å². The monoisotopic (exact) mass is 112 g/mol. The minimum Gasteiger partial charge on any atom is -0.297 e. The molecule has 0 saturated carbocycles. The predicted molar refractivity (Wildman–Crippen MR) is 38.2 cm³/mol. The first-order valence-electron chi connectivity index (χ1n) is 3.09. The fraction of sp³-hybridized carbons (Fsp3) is 0.714. The van der Waals surface area contributed by atoms with E-state index in [1.807, 2.05) is 7.05 Å². The van der Waals surface area contributed by atoms with Crippen LogP contribution in [0.1, 0.15) is 26.2 Å². The van der Waals surface area contributed by atoms with Gasteiger partial charge in [0, 0.05) is 12.8 Å². The van der Waals surface area contributed by atoms with Gasteiger partial charge < -0.3 is 0 Å². The van der Waals surface area contributed by atoms with Crippen molar-refractivity contribution in [2.75, 3.05) is 7.05 Å². The third-order valence-electron chi connectivity index (χ3n) is 1.19. The maximum Gasteiger partial charge on any atom is 0.0276 e. The molecule has 0 aliphatic carbocycles. The van der Waals surface area contributed by atoms with E-state index >= 15 is 0 Å². The summed E-state index contributed by atoms with van der Waals surface area (Å²) in [6.45, 7) is 5.86. The third kappa shape index (κ3) is 2.78. The van der Waals surface area contributed by atoms with E-state index in [0.29, 0.717) is 0 Å². The zero-order valence-corrected chi connectivity index (χ0v) is 5.78. The van der Waals surface area contributed by atoms with Crippen molar-refractivity contribution in [3.05, 3.63) is 6.92 Å². The average Bonchev–Trinajstić information content (AvgIpc) is 1.83. The molecule has 0 aromatic heterocycles. The number of hydrogen-bond acceptors (Lipinski definition) is 1. The Hall–Kier alpha value is -0.330. The largest absolute Gasteiger partial charge is 0.297 e. The first-order chi connectivity index (χ1) is 3.85. The summed E-state index contributed by atoms with van der Waals surface area (Å²) < 4.78 is 0. The fourth-order valence-corrected chi connectivity index (χ4v) is 0.651. The highest BCUT2D eigenvalue weighted by atomic mass is 14.7. The molecule has 0 amide bonds. The van der Waals surface area contributed by atoms with Gasteiger partial charge in [0.05, 0.1) is 0 Å². The van der Waals surface area contributed by atoms with Crippen LogP contribution in [-0.4, -0.2) is 12.8 Å². The zero-order valence-electron chi connectivity index (χ0n) is 5.78. The van der Waals surface area contributed by atoms with Crippen LogP contribution >= 0.6 is 0 Å². The molecule has 0 bridgehead atoms. The van der Waals surface area contributed by atoms with Gasteiger partial charge >= 0.3 is 0 Å². The molecule has 0 rings (SSSR count). The highest BCUT2D eigenvalue weighted by Crippen LogP contribution is 1.94. The molecule has 1 heteroatoms. The Morgan fingerprint density at radius 2 is 2.25 bits per heavy atom. The van der Waals surface area contributed by atoms with Gasteiger partial charge in [0.1, 0.15) is 0 Å². The molecule has 0 saturated heterocycles. The molecule has 47 valence electrons.